The molecule has 134 valence electrons. The first-order valence-electron chi connectivity index (χ1n) is 7.91. The van der Waals surface area contributed by atoms with Gasteiger partial charge in [0, 0.05) is 13.1 Å². The van der Waals surface area contributed by atoms with Crippen molar-refractivity contribution in [3.8, 4) is 0 Å². The Balaban J connectivity index is 2.11. The Morgan fingerprint density at radius 1 is 1.25 bits per heavy atom. The lowest BCUT2D eigenvalue weighted by Gasteiger charge is -2.39. The Labute approximate surface area is 138 Å². The minimum absolute atomic E-state index is 0.130. The molecule has 2 N–H and O–H groups in total. The number of amides is 1. The van der Waals surface area contributed by atoms with Crippen molar-refractivity contribution in [3.05, 3.63) is 35.4 Å². The second kappa shape index (κ2) is 6.72. The van der Waals surface area contributed by atoms with Crippen LogP contribution in [0.5, 0.6) is 0 Å². The topological polar surface area (TPSA) is 60.8 Å². The number of carbonyl (C=O) groups is 1. The lowest BCUT2D eigenvalue weighted by molar-refractivity contribution is -0.146. The number of aliphatic hydroxyl groups is 2. The van der Waals surface area contributed by atoms with E-state index in [0.29, 0.717) is 0 Å². The lowest BCUT2D eigenvalue weighted by Crippen LogP contribution is -2.49. The minimum atomic E-state index is -4.47. The van der Waals surface area contributed by atoms with Gasteiger partial charge in [-0.05, 0) is 36.5 Å². The van der Waals surface area contributed by atoms with Crippen LogP contribution < -0.4 is 0 Å². The number of aliphatic hydroxyl groups excluding tert-OH is 1. The minimum Gasteiger partial charge on any atom is -0.385 e. The van der Waals surface area contributed by atoms with Crippen molar-refractivity contribution in [1.29, 1.82) is 0 Å². The van der Waals surface area contributed by atoms with E-state index >= 15 is 0 Å². The molecule has 1 heterocycles. The Bertz CT molecular complexity index is 593. The number of nitrogens with zero attached hydrogens (tertiary/aromatic N) is 1. The number of alkyl halides is 3. The van der Waals surface area contributed by atoms with Crippen molar-refractivity contribution in [3.63, 3.8) is 0 Å². The van der Waals surface area contributed by atoms with Crippen LogP contribution in [-0.2, 0) is 16.6 Å². The number of hydrogen-bond acceptors (Lipinski definition) is 3. The van der Waals surface area contributed by atoms with E-state index in [1.807, 2.05) is 0 Å². The molecule has 24 heavy (non-hydrogen) atoms. The smallest absolute Gasteiger partial charge is 0.385 e. The maximum atomic E-state index is 12.8. The van der Waals surface area contributed by atoms with Gasteiger partial charge >= 0.3 is 6.18 Å². The fourth-order valence-electron chi connectivity index (χ4n) is 2.84. The first-order valence-corrected chi connectivity index (χ1v) is 7.91. The molecule has 1 aliphatic heterocycles. The molecule has 0 saturated carbocycles. The summed E-state index contributed by atoms with van der Waals surface area (Å²) in [4.78, 5) is 13.6. The number of carbonyl (C=O) groups excluding carboxylic acids is 1. The molecule has 7 heteroatoms. The Hall–Kier alpha value is -1.60. The fraction of sp³-hybridized carbons (Fsp3) is 0.588. The molecule has 1 aliphatic rings. The molecule has 1 aromatic rings. The molecular formula is C17H22F3NO3. The summed E-state index contributed by atoms with van der Waals surface area (Å²) in [5.41, 5.74) is -2.00. The van der Waals surface area contributed by atoms with E-state index in [2.05, 4.69) is 0 Å². The monoisotopic (exact) mass is 345 g/mol. The molecule has 1 amide bonds. The van der Waals surface area contributed by atoms with Crippen molar-refractivity contribution >= 4 is 5.91 Å². The molecular weight excluding hydrogens is 323 g/mol. The average Bonchev–Trinajstić information content (AvgIpc) is 2.53. The van der Waals surface area contributed by atoms with E-state index in [-0.39, 0.29) is 37.4 Å². The van der Waals surface area contributed by atoms with Gasteiger partial charge < -0.3 is 15.1 Å². The van der Waals surface area contributed by atoms with Crippen molar-refractivity contribution < 1.29 is 28.2 Å². The van der Waals surface area contributed by atoms with Gasteiger partial charge in [-0.2, -0.15) is 13.2 Å². The van der Waals surface area contributed by atoms with Gasteiger partial charge in [0.1, 0.15) is 6.10 Å². The molecule has 0 spiro atoms. The third kappa shape index (κ3) is 3.89. The van der Waals surface area contributed by atoms with Crippen LogP contribution in [0.4, 0.5) is 13.2 Å². The van der Waals surface area contributed by atoms with Crippen molar-refractivity contribution in [2.45, 2.75) is 44.6 Å². The fourth-order valence-corrected chi connectivity index (χ4v) is 2.84. The summed E-state index contributed by atoms with van der Waals surface area (Å²) in [5, 5.41) is 20.6. The van der Waals surface area contributed by atoms with E-state index < -0.39 is 29.4 Å². The van der Waals surface area contributed by atoms with Crippen LogP contribution in [0.25, 0.3) is 0 Å². The molecule has 1 unspecified atom stereocenters. The van der Waals surface area contributed by atoms with Gasteiger partial charge in [0.15, 0.2) is 0 Å². The summed E-state index contributed by atoms with van der Waals surface area (Å²) < 4.78 is 38.5. The summed E-state index contributed by atoms with van der Waals surface area (Å²) >= 11 is 0. The maximum absolute atomic E-state index is 12.8. The normalized spacial score (nSPS) is 19.4. The van der Waals surface area contributed by atoms with Crippen molar-refractivity contribution in [2.24, 2.45) is 5.92 Å². The third-order valence-corrected chi connectivity index (χ3v) is 4.51. The second-order valence-electron chi connectivity index (χ2n) is 6.62. The molecule has 0 aliphatic carbocycles. The second-order valence-corrected chi connectivity index (χ2v) is 6.62. The van der Waals surface area contributed by atoms with E-state index in [1.165, 1.54) is 17.0 Å². The van der Waals surface area contributed by atoms with Crippen molar-refractivity contribution in [2.75, 3.05) is 13.1 Å². The van der Waals surface area contributed by atoms with Gasteiger partial charge in [-0.15, -0.1) is 0 Å². The van der Waals surface area contributed by atoms with Gasteiger partial charge in [0.25, 0.3) is 5.91 Å². The molecule has 0 aromatic heterocycles. The maximum Gasteiger partial charge on any atom is 0.416 e. The largest absolute Gasteiger partial charge is 0.416 e. The molecule has 2 rings (SSSR count). The highest BCUT2D eigenvalue weighted by Gasteiger charge is 2.39. The van der Waals surface area contributed by atoms with Crippen LogP contribution in [0.1, 0.15) is 37.8 Å². The molecule has 0 bridgehead atoms. The van der Waals surface area contributed by atoms with Crippen LogP contribution in [0.3, 0.4) is 0 Å². The quantitative estimate of drug-likeness (QED) is 0.885. The number of benzene rings is 1. The van der Waals surface area contributed by atoms with E-state index in [0.717, 1.165) is 12.1 Å². The molecule has 1 fully saturated rings. The number of piperidine rings is 1. The standard InChI is InChI=1S/C17H22F3NO3/c1-11(2)14(22)15(23)21-8-6-16(24,7-9-21)12-4-3-5-13(10-12)17(18,19)20/h3-5,10-11,14,22,24H,6-9H2,1-2H3. The van der Waals surface area contributed by atoms with Gasteiger partial charge in [0.05, 0.1) is 11.2 Å². The molecule has 1 saturated heterocycles. The highest BCUT2D eigenvalue weighted by atomic mass is 19.4. The molecule has 1 aromatic carbocycles. The van der Waals surface area contributed by atoms with Crippen LogP contribution in [0.15, 0.2) is 24.3 Å². The predicted octanol–water partition coefficient (Wildman–Crippen LogP) is 2.53. The Kier molecular flexibility index (Phi) is 5.25. The average molecular weight is 345 g/mol. The predicted molar refractivity (Wildman–Crippen MR) is 82.0 cm³/mol. The first kappa shape index (κ1) is 18.7. The lowest BCUT2D eigenvalue weighted by atomic mass is 9.83. The molecule has 0 radical (unpaired) electrons. The zero-order valence-corrected chi connectivity index (χ0v) is 13.7. The van der Waals surface area contributed by atoms with Crippen LogP contribution in [-0.4, -0.2) is 40.2 Å². The summed E-state index contributed by atoms with van der Waals surface area (Å²) in [6, 6.07) is 4.66. The Morgan fingerprint density at radius 2 is 1.83 bits per heavy atom. The number of rotatable bonds is 3. The van der Waals surface area contributed by atoms with Crippen LogP contribution in [0.2, 0.25) is 0 Å². The summed E-state index contributed by atoms with van der Waals surface area (Å²) in [6.07, 6.45) is -5.31. The first-order chi connectivity index (χ1) is 11.0. The summed E-state index contributed by atoms with van der Waals surface area (Å²) in [5.74, 6) is -0.627. The molecule has 1 atom stereocenters. The van der Waals surface area contributed by atoms with Gasteiger partial charge in [0.2, 0.25) is 0 Å². The molecule has 4 nitrogen and oxygen atoms in total. The SMILES string of the molecule is CC(C)C(O)C(=O)N1CCC(O)(c2cccc(C(F)(F)F)c2)CC1. The number of likely N-dealkylation sites (tertiary alicyclic amines) is 1. The van der Waals surface area contributed by atoms with Gasteiger partial charge in [-0.25, -0.2) is 0 Å². The van der Waals surface area contributed by atoms with E-state index in [4.69, 9.17) is 0 Å². The third-order valence-electron chi connectivity index (χ3n) is 4.51. The highest BCUT2D eigenvalue weighted by molar-refractivity contribution is 5.81. The summed E-state index contributed by atoms with van der Waals surface area (Å²) in [7, 11) is 0. The zero-order chi connectivity index (χ0) is 18.1. The summed E-state index contributed by atoms with van der Waals surface area (Å²) in [6.45, 7) is 3.84. The number of hydrogen-bond donors (Lipinski definition) is 2. The number of halogens is 3. The van der Waals surface area contributed by atoms with E-state index in [9.17, 15) is 28.2 Å². The van der Waals surface area contributed by atoms with E-state index in [1.54, 1.807) is 13.8 Å². The highest BCUT2D eigenvalue weighted by Crippen LogP contribution is 2.36. The van der Waals surface area contributed by atoms with Crippen LogP contribution >= 0.6 is 0 Å². The Morgan fingerprint density at radius 3 is 2.33 bits per heavy atom. The van der Waals surface area contributed by atoms with Gasteiger partial charge in [-0.3, -0.25) is 4.79 Å². The van der Waals surface area contributed by atoms with Gasteiger partial charge in [-0.1, -0.05) is 26.0 Å². The van der Waals surface area contributed by atoms with Crippen molar-refractivity contribution in [1.82, 2.24) is 4.90 Å². The zero-order valence-electron chi connectivity index (χ0n) is 13.7. The van der Waals surface area contributed by atoms with Crippen LogP contribution in [0, 0.1) is 5.92 Å².